The third kappa shape index (κ3) is 3.20. The number of halogens is 1. The van der Waals surface area contributed by atoms with Gasteiger partial charge in [0.15, 0.2) is 5.69 Å². The Kier molecular flexibility index (Phi) is 3.97. The molecule has 0 aliphatic heterocycles. The predicted molar refractivity (Wildman–Crippen MR) is 75.7 cm³/mol. The molecule has 0 atom stereocenters. The van der Waals surface area contributed by atoms with E-state index in [1.54, 1.807) is 31.3 Å². The van der Waals surface area contributed by atoms with E-state index in [1.807, 2.05) is 13.0 Å². The molecule has 1 amide bonds. The Labute approximate surface area is 116 Å². The van der Waals surface area contributed by atoms with Gasteiger partial charge in [0.2, 0.25) is 0 Å². The lowest BCUT2D eigenvalue weighted by Crippen LogP contribution is -2.15. The van der Waals surface area contributed by atoms with Crippen molar-refractivity contribution in [2.75, 3.05) is 17.7 Å². The van der Waals surface area contributed by atoms with Gasteiger partial charge in [0.1, 0.15) is 5.82 Å². The van der Waals surface area contributed by atoms with Gasteiger partial charge in [-0.25, -0.2) is 0 Å². The molecule has 0 fully saturated rings. The van der Waals surface area contributed by atoms with Crippen LogP contribution in [0.2, 0.25) is 5.02 Å². The molecule has 0 aliphatic carbocycles. The summed E-state index contributed by atoms with van der Waals surface area (Å²) in [7, 11) is 1.73. The Balaban J connectivity index is 2.18. The number of rotatable bonds is 3. The molecule has 5 nitrogen and oxygen atoms in total. The van der Waals surface area contributed by atoms with Crippen LogP contribution in [-0.2, 0) is 0 Å². The zero-order chi connectivity index (χ0) is 13.8. The Bertz CT molecular complexity index is 598. The number of nitrogens with zero attached hydrogens (tertiary/aromatic N) is 2. The summed E-state index contributed by atoms with van der Waals surface area (Å²) < 4.78 is 0. The summed E-state index contributed by atoms with van der Waals surface area (Å²) in [6.07, 6.45) is 0. The first-order valence-electron chi connectivity index (χ1n) is 5.69. The van der Waals surface area contributed by atoms with Gasteiger partial charge in [0, 0.05) is 7.05 Å². The highest BCUT2D eigenvalue weighted by Crippen LogP contribution is 2.23. The summed E-state index contributed by atoms with van der Waals surface area (Å²) >= 11 is 6.01. The van der Waals surface area contributed by atoms with Crippen molar-refractivity contribution >= 4 is 29.0 Å². The average molecular weight is 277 g/mol. The number of hydrogen-bond donors (Lipinski definition) is 2. The molecular formula is C13H13ClN4O. The molecule has 1 heterocycles. The SMILES string of the molecule is CNc1ccc(C(=O)Nc2cc(C)ccc2Cl)nn1. The lowest BCUT2D eigenvalue weighted by Gasteiger charge is -2.07. The van der Waals surface area contributed by atoms with Crippen LogP contribution in [0.15, 0.2) is 30.3 Å². The summed E-state index contributed by atoms with van der Waals surface area (Å²) in [6, 6.07) is 8.69. The first kappa shape index (κ1) is 13.3. The smallest absolute Gasteiger partial charge is 0.276 e. The molecule has 2 rings (SSSR count). The molecule has 2 aromatic rings. The van der Waals surface area contributed by atoms with E-state index in [1.165, 1.54) is 0 Å². The number of amides is 1. The largest absolute Gasteiger partial charge is 0.372 e. The first-order chi connectivity index (χ1) is 9.10. The van der Waals surface area contributed by atoms with Gasteiger partial charge in [-0.05, 0) is 36.8 Å². The maximum atomic E-state index is 12.0. The number of nitrogens with one attached hydrogen (secondary N) is 2. The van der Waals surface area contributed by atoms with E-state index in [9.17, 15) is 4.79 Å². The Hall–Kier alpha value is -2.14. The van der Waals surface area contributed by atoms with Crippen molar-refractivity contribution < 1.29 is 4.79 Å². The minimum Gasteiger partial charge on any atom is -0.372 e. The fourth-order valence-electron chi connectivity index (χ4n) is 1.51. The number of benzene rings is 1. The third-order valence-corrected chi connectivity index (χ3v) is 2.85. The van der Waals surface area contributed by atoms with E-state index in [0.29, 0.717) is 16.5 Å². The van der Waals surface area contributed by atoms with Crippen LogP contribution in [0.3, 0.4) is 0 Å². The number of aromatic nitrogens is 2. The second-order valence-electron chi connectivity index (χ2n) is 3.99. The van der Waals surface area contributed by atoms with Crippen molar-refractivity contribution in [2.24, 2.45) is 0 Å². The van der Waals surface area contributed by atoms with Gasteiger partial charge in [0.25, 0.3) is 5.91 Å². The Morgan fingerprint density at radius 2 is 2.00 bits per heavy atom. The number of aryl methyl sites for hydroxylation is 1. The molecule has 1 aromatic carbocycles. The molecule has 0 spiro atoms. The molecule has 98 valence electrons. The number of anilines is 2. The molecule has 6 heteroatoms. The topological polar surface area (TPSA) is 66.9 Å². The summed E-state index contributed by atoms with van der Waals surface area (Å²) in [5.74, 6) is 0.257. The average Bonchev–Trinajstić information content (AvgIpc) is 2.43. The van der Waals surface area contributed by atoms with Crippen molar-refractivity contribution in [3.8, 4) is 0 Å². The molecule has 0 bridgehead atoms. The molecule has 0 radical (unpaired) electrons. The number of carbonyl (C=O) groups is 1. The van der Waals surface area contributed by atoms with E-state index in [-0.39, 0.29) is 11.6 Å². The van der Waals surface area contributed by atoms with E-state index < -0.39 is 0 Å². The monoisotopic (exact) mass is 276 g/mol. The quantitative estimate of drug-likeness (QED) is 0.905. The zero-order valence-corrected chi connectivity index (χ0v) is 11.3. The zero-order valence-electron chi connectivity index (χ0n) is 10.6. The highest BCUT2D eigenvalue weighted by Gasteiger charge is 2.10. The standard InChI is InChI=1S/C13H13ClN4O/c1-8-3-4-9(14)11(7-8)16-13(19)10-5-6-12(15-2)18-17-10/h3-7H,1-2H3,(H,15,18)(H,16,19). The molecular weight excluding hydrogens is 264 g/mol. The Morgan fingerprint density at radius 3 is 2.63 bits per heavy atom. The van der Waals surface area contributed by atoms with E-state index >= 15 is 0 Å². The van der Waals surface area contributed by atoms with E-state index in [2.05, 4.69) is 20.8 Å². The minimum atomic E-state index is -0.345. The van der Waals surface area contributed by atoms with Gasteiger partial charge in [-0.3, -0.25) is 4.79 Å². The lowest BCUT2D eigenvalue weighted by molar-refractivity contribution is 0.102. The number of hydrogen-bond acceptors (Lipinski definition) is 4. The Morgan fingerprint density at radius 1 is 1.21 bits per heavy atom. The second-order valence-corrected chi connectivity index (χ2v) is 4.40. The summed E-state index contributed by atoms with van der Waals surface area (Å²) in [6.45, 7) is 1.92. The molecule has 0 aliphatic rings. The normalized spacial score (nSPS) is 10.1. The third-order valence-electron chi connectivity index (χ3n) is 2.52. The summed E-state index contributed by atoms with van der Waals surface area (Å²) in [5, 5.41) is 13.7. The fraction of sp³-hybridized carbons (Fsp3) is 0.154. The highest BCUT2D eigenvalue weighted by molar-refractivity contribution is 6.33. The van der Waals surface area contributed by atoms with Crippen LogP contribution in [0.5, 0.6) is 0 Å². The molecule has 0 saturated heterocycles. The molecule has 19 heavy (non-hydrogen) atoms. The van der Waals surface area contributed by atoms with Gasteiger partial charge in [-0.1, -0.05) is 17.7 Å². The lowest BCUT2D eigenvalue weighted by atomic mass is 10.2. The van der Waals surface area contributed by atoms with Crippen LogP contribution in [0, 0.1) is 6.92 Å². The van der Waals surface area contributed by atoms with Crippen molar-refractivity contribution in [3.63, 3.8) is 0 Å². The molecule has 1 aromatic heterocycles. The van der Waals surface area contributed by atoms with Crippen LogP contribution in [0.1, 0.15) is 16.1 Å². The van der Waals surface area contributed by atoms with Crippen molar-refractivity contribution in [3.05, 3.63) is 46.6 Å². The maximum Gasteiger partial charge on any atom is 0.276 e. The molecule has 2 N–H and O–H groups in total. The molecule has 0 unspecified atom stereocenters. The van der Waals surface area contributed by atoms with Gasteiger partial charge in [0.05, 0.1) is 10.7 Å². The molecule has 0 saturated carbocycles. The second kappa shape index (κ2) is 5.67. The van der Waals surface area contributed by atoms with Gasteiger partial charge >= 0.3 is 0 Å². The summed E-state index contributed by atoms with van der Waals surface area (Å²) in [5.41, 5.74) is 1.80. The maximum absolute atomic E-state index is 12.0. The van der Waals surface area contributed by atoms with Crippen molar-refractivity contribution in [1.29, 1.82) is 0 Å². The van der Waals surface area contributed by atoms with Crippen LogP contribution in [0.4, 0.5) is 11.5 Å². The van der Waals surface area contributed by atoms with Gasteiger partial charge < -0.3 is 10.6 Å². The van der Waals surface area contributed by atoms with Crippen molar-refractivity contribution in [2.45, 2.75) is 6.92 Å². The van der Waals surface area contributed by atoms with Gasteiger partial charge in [-0.15, -0.1) is 10.2 Å². The minimum absolute atomic E-state index is 0.233. The van der Waals surface area contributed by atoms with Crippen LogP contribution in [0.25, 0.3) is 0 Å². The first-order valence-corrected chi connectivity index (χ1v) is 6.07. The van der Waals surface area contributed by atoms with Crippen LogP contribution >= 0.6 is 11.6 Å². The van der Waals surface area contributed by atoms with Gasteiger partial charge in [-0.2, -0.15) is 0 Å². The number of carbonyl (C=O) groups excluding carboxylic acids is 1. The fourth-order valence-corrected chi connectivity index (χ4v) is 1.67. The van der Waals surface area contributed by atoms with E-state index in [4.69, 9.17) is 11.6 Å². The van der Waals surface area contributed by atoms with E-state index in [0.717, 1.165) is 5.56 Å². The summed E-state index contributed by atoms with van der Waals surface area (Å²) in [4.78, 5) is 12.0. The van der Waals surface area contributed by atoms with Crippen LogP contribution < -0.4 is 10.6 Å². The van der Waals surface area contributed by atoms with Crippen LogP contribution in [-0.4, -0.2) is 23.2 Å². The highest BCUT2D eigenvalue weighted by atomic mass is 35.5. The van der Waals surface area contributed by atoms with Crippen molar-refractivity contribution in [1.82, 2.24) is 10.2 Å². The predicted octanol–water partition coefficient (Wildman–Crippen LogP) is 2.73.